The molecule has 0 aliphatic carbocycles. The summed E-state index contributed by atoms with van der Waals surface area (Å²) in [4.78, 5) is 0. The molecule has 0 unspecified atom stereocenters. The summed E-state index contributed by atoms with van der Waals surface area (Å²) >= 11 is 6.14. The molecule has 0 spiro atoms. The summed E-state index contributed by atoms with van der Waals surface area (Å²) in [6.45, 7) is 0. The highest BCUT2D eigenvalue weighted by molar-refractivity contribution is 6.30. The van der Waals surface area contributed by atoms with Crippen LogP contribution in [0, 0.1) is 0 Å². The Hall–Kier alpha value is -2.12. The third-order valence-electron chi connectivity index (χ3n) is 3.31. The van der Waals surface area contributed by atoms with Crippen molar-refractivity contribution in [3.05, 3.63) is 101 Å². The molecule has 1 aromatic heterocycles. The molecule has 0 aliphatic heterocycles. The van der Waals surface area contributed by atoms with Crippen molar-refractivity contribution in [1.29, 1.82) is 0 Å². The maximum absolute atomic E-state index is 6.14. The zero-order valence-corrected chi connectivity index (χ0v) is 11.7. The highest BCUT2D eigenvalue weighted by Crippen LogP contribution is 2.21. The Morgan fingerprint density at radius 2 is 1.25 bits per heavy atom. The Labute approximate surface area is 124 Å². The predicted molar refractivity (Wildman–Crippen MR) is 81.8 cm³/mol. The molecule has 3 aromatic rings. The molecule has 0 saturated carbocycles. The van der Waals surface area contributed by atoms with Gasteiger partial charge in [-0.3, -0.25) is 0 Å². The van der Waals surface area contributed by atoms with Crippen LogP contribution in [-0.4, -0.2) is 0 Å². The number of nitrogens with zero attached hydrogens (tertiary/aromatic N) is 1. The van der Waals surface area contributed by atoms with Gasteiger partial charge in [-0.05, 0) is 6.07 Å². The molecular weight excluding hydrogens is 266 g/mol. The molecule has 2 heteroatoms. The number of hydrogen-bond donors (Lipinski definition) is 0. The summed E-state index contributed by atoms with van der Waals surface area (Å²) in [5.41, 5.74) is 2.48. The summed E-state index contributed by atoms with van der Waals surface area (Å²) in [5, 5.41) is 0.740. The first kappa shape index (κ1) is 12.9. The van der Waals surface area contributed by atoms with Crippen LogP contribution in [0.1, 0.15) is 17.2 Å². The van der Waals surface area contributed by atoms with Gasteiger partial charge in [-0.25, -0.2) is 0 Å². The highest BCUT2D eigenvalue weighted by Gasteiger charge is 2.22. The first-order valence-electron chi connectivity index (χ1n) is 6.61. The number of hydrogen-bond acceptors (Lipinski definition) is 0. The van der Waals surface area contributed by atoms with E-state index in [-0.39, 0.29) is 6.04 Å². The van der Waals surface area contributed by atoms with E-state index >= 15 is 0 Å². The van der Waals surface area contributed by atoms with Gasteiger partial charge in [0.25, 0.3) is 0 Å². The van der Waals surface area contributed by atoms with Gasteiger partial charge in [0, 0.05) is 17.2 Å². The quantitative estimate of drug-likeness (QED) is 0.631. The smallest absolute Gasteiger partial charge is 0.192 e. The van der Waals surface area contributed by atoms with E-state index < -0.39 is 0 Å². The Kier molecular flexibility index (Phi) is 3.80. The van der Waals surface area contributed by atoms with Gasteiger partial charge in [0.05, 0.1) is 0 Å². The third-order valence-corrected chi connectivity index (χ3v) is 3.54. The van der Waals surface area contributed by atoms with E-state index in [0.717, 1.165) is 5.02 Å². The second-order valence-electron chi connectivity index (χ2n) is 4.69. The fourth-order valence-electron chi connectivity index (χ4n) is 2.43. The summed E-state index contributed by atoms with van der Waals surface area (Å²) < 4.78 is 2.15. The Balaban J connectivity index is 2.14. The maximum Gasteiger partial charge on any atom is 0.208 e. The van der Waals surface area contributed by atoms with Crippen LogP contribution in [0.4, 0.5) is 0 Å². The van der Waals surface area contributed by atoms with Crippen LogP contribution in [0.2, 0.25) is 5.02 Å². The monoisotopic (exact) mass is 280 g/mol. The van der Waals surface area contributed by atoms with Gasteiger partial charge in [-0.1, -0.05) is 72.3 Å². The normalized spacial score (nSPS) is 10.7. The number of pyridine rings is 1. The van der Waals surface area contributed by atoms with Crippen LogP contribution in [0.15, 0.2) is 85.2 Å². The van der Waals surface area contributed by atoms with E-state index in [0.29, 0.717) is 0 Å². The maximum atomic E-state index is 6.14. The molecule has 0 aliphatic rings. The number of halogens is 1. The molecule has 98 valence electrons. The Morgan fingerprint density at radius 1 is 0.700 bits per heavy atom. The molecule has 20 heavy (non-hydrogen) atoms. The van der Waals surface area contributed by atoms with Crippen LogP contribution >= 0.6 is 11.6 Å². The van der Waals surface area contributed by atoms with Gasteiger partial charge in [0.15, 0.2) is 12.4 Å². The van der Waals surface area contributed by atoms with Crippen molar-refractivity contribution < 1.29 is 4.57 Å². The topological polar surface area (TPSA) is 3.88 Å². The van der Waals surface area contributed by atoms with Crippen molar-refractivity contribution in [3.63, 3.8) is 0 Å². The fourth-order valence-corrected chi connectivity index (χ4v) is 2.62. The fraction of sp³-hybridized carbons (Fsp3) is 0.0556. The van der Waals surface area contributed by atoms with Gasteiger partial charge in [-0.2, -0.15) is 4.57 Å². The van der Waals surface area contributed by atoms with Crippen molar-refractivity contribution in [2.75, 3.05) is 0 Å². The molecule has 1 heterocycles. The van der Waals surface area contributed by atoms with E-state index in [1.54, 1.807) is 0 Å². The van der Waals surface area contributed by atoms with Gasteiger partial charge in [0.1, 0.15) is 5.02 Å². The summed E-state index contributed by atoms with van der Waals surface area (Å²) in [7, 11) is 0. The molecule has 0 radical (unpaired) electrons. The average Bonchev–Trinajstić information content (AvgIpc) is 2.50. The third kappa shape index (κ3) is 2.73. The minimum Gasteiger partial charge on any atom is -0.192 e. The van der Waals surface area contributed by atoms with E-state index in [4.69, 9.17) is 11.6 Å². The first-order chi connectivity index (χ1) is 9.84. The van der Waals surface area contributed by atoms with Crippen molar-refractivity contribution in [1.82, 2.24) is 0 Å². The van der Waals surface area contributed by atoms with Gasteiger partial charge < -0.3 is 0 Å². The Bertz CT molecular complexity index is 641. The molecule has 0 amide bonds. The predicted octanol–water partition coefficient (Wildman–Crippen LogP) is 4.27. The highest BCUT2D eigenvalue weighted by atomic mass is 35.5. The van der Waals surface area contributed by atoms with Crippen LogP contribution in [0.25, 0.3) is 0 Å². The first-order valence-corrected chi connectivity index (χ1v) is 6.98. The van der Waals surface area contributed by atoms with Crippen LogP contribution < -0.4 is 4.57 Å². The molecule has 2 aromatic carbocycles. The summed E-state index contributed by atoms with van der Waals surface area (Å²) in [6.07, 6.45) is 4.02. The molecule has 0 atom stereocenters. The van der Waals surface area contributed by atoms with E-state index in [1.807, 2.05) is 30.5 Å². The zero-order chi connectivity index (χ0) is 13.8. The second kappa shape index (κ2) is 5.89. The standard InChI is InChI=1S/C18H15ClN/c19-17-12-7-13-20(14-17)18(15-8-3-1-4-9-15)16-10-5-2-6-11-16/h1-14,18H/q+1. The lowest BCUT2D eigenvalue weighted by atomic mass is 9.98. The molecule has 0 fully saturated rings. The second-order valence-corrected chi connectivity index (χ2v) is 5.13. The number of benzene rings is 2. The van der Waals surface area contributed by atoms with Crippen molar-refractivity contribution >= 4 is 11.6 Å². The van der Waals surface area contributed by atoms with E-state index in [2.05, 4.69) is 59.3 Å². The molecule has 0 bridgehead atoms. The molecule has 3 rings (SSSR count). The summed E-state index contributed by atoms with van der Waals surface area (Å²) in [6, 6.07) is 24.9. The van der Waals surface area contributed by atoms with Crippen LogP contribution in [0.5, 0.6) is 0 Å². The number of aromatic nitrogens is 1. The Morgan fingerprint density at radius 3 is 1.75 bits per heavy atom. The summed E-state index contributed by atoms with van der Waals surface area (Å²) in [5.74, 6) is 0. The van der Waals surface area contributed by atoms with E-state index in [9.17, 15) is 0 Å². The zero-order valence-electron chi connectivity index (χ0n) is 11.0. The molecular formula is C18H15ClN+. The lowest BCUT2D eigenvalue weighted by Gasteiger charge is -2.13. The van der Waals surface area contributed by atoms with Crippen molar-refractivity contribution in [3.8, 4) is 0 Å². The van der Waals surface area contributed by atoms with Gasteiger partial charge in [-0.15, -0.1) is 0 Å². The molecule has 0 N–H and O–H groups in total. The lowest BCUT2D eigenvalue weighted by Crippen LogP contribution is -2.40. The van der Waals surface area contributed by atoms with Crippen LogP contribution in [-0.2, 0) is 0 Å². The largest absolute Gasteiger partial charge is 0.208 e. The number of rotatable bonds is 3. The van der Waals surface area contributed by atoms with Crippen LogP contribution in [0.3, 0.4) is 0 Å². The van der Waals surface area contributed by atoms with Gasteiger partial charge in [0.2, 0.25) is 6.04 Å². The molecule has 1 nitrogen and oxygen atoms in total. The van der Waals surface area contributed by atoms with Crippen molar-refractivity contribution in [2.24, 2.45) is 0 Å². The SMILES string of the molecule is Clc1ccc[n+](C(c2ccccc2)c2ccccc2)c1. The molecule has 0 saturated heterocycles. The van der Waals surface area contributed by atoms with Gasteiger partial charge >= 0.3 is 0 Å². The minimum absolute atomic E-state index is 0.135. The lowest BCUT2D eigenvalue weighted by molar-refractivity contribution is -0.704. The average molecular weight is 281 g/mol. The van der Waals surface area contributed by atoms with E-state index in [1.165, 1.54) is 11.1 Å². The van der Waals surface area contributed by atoms with Crippen molar-refractivity contribution in [2.45, 2.75) is 6.04 Å². The minimum atomic E-state index is 0.135.